The molecule has 0 aromatic rings. The van der Waals surface area contributed by atoms with Crippen molar-refractivity contribution in [1.29, 1.82) is 0 Å². The van der Waals surface area contributed by atoms with Crippen LogP contribution >= 0.6 is 0 Å². The molecule has 0 saturated carbocycles. The van der Waals surface area contributed by atoms with E-state index in [9.17, 15) is 4.79 Å². The van der Waals surface area contributed by atoms with Gasteiger partial charge in [-0.1, -0.05) is 24.3 Å². The molecule has 4 heteroatoms. The Bertz CT molecular complexity index is 296. The van der Waals surface area contributed by atoms with Crippen LogP contribution < -0.4 is 11.5 Å². The minimum atomic E-state index is -0.723. The lowest BCUT2D eigenvalue weighted by atomic mass is 9.74. The van der Waals surface area contributed by atoms with E-state index in [0.717, 1.165) is 6.54 Å². The summed E-state index contributed by atoms with van der Waals surface area (Å²) in [6, 6.07) is -0.319. The first kappa shape index (κ1) is 11.9. The van der Waals surface area contributed by atoms with Gasteiger partial charge in [-0.15, -0.1) is 0 Å². The van der Waals surface area contributed by atoms with Crippen LogP contribution in [-0.2, 0) is 4.79 Å². The molecule has 0 aromatic carbocycles. The molecule has 0 aromatic heterocycles. The fraction of sp³-hybridized carbons (Fsp3) is 0.545. The average molecular weight is 209 g/mol. The lowest BCUT2D eigenvalue weighted by Crippen LogP contribution is -2.50. The van der Waals surface area contributed by atoms with E-state index in [4.69, 9.17) is 11.5 Å². The van der Waals surface area contributed by atoms with Crippen LogP contribution in [0.15, 0.2) is 24.3 Å². The molecule has 2 atom stereocenters. The fourth-order valence-corrected chi connectivity index (χ4v) is 1.72. The summed E-state index contributed by atoms with van der Waals surface area (Å²) in [7, 11) is 3.92. The Kier molecular flexibility index (Phi) is 3.66. The summed E-state index contributed by atoms with van der Waals surface area (Å²) >= 11 is 0. The third-order valence-corrected chi connectivity index (χ3v) is 2.85. The van der Waals surface area contributed by atoms with Crippen molar-refractivity contribution in [3.05, 3.63) is 24.3 Å². The molecule has 1 aliphatic carbocycles. The van der Waals surface area contributed by atoms with Crippen LogP contribution in [0.3, 0.4) is 0 Å². The molecule has 0 heterocycles. The highest BCUT2D eigenvalue weighted by Crippen LogP contribution is 2.30. The monoisotopic (exact) mass is 209 g/mol. The van der Waals surface area contributed by atoms with Gasteiger partial charge in [0.2, 0.25) is 5.91 Å². The van der Waals surface area contributed by atoms with Gasteiger partial charge in [0.25, 0.3) is 0 Å². The van der Waals surface area contributed by atoms with E-state index in [1.165, 1.54) is 0 Å². The molecule has 0 spiro atoms. The predicted molar refractivity (Wildman–Crippen MR) is 61.1 cm³/mol. The van der Waals surface area contributed by atoms with Crippen LogP contribution in [0.25, 0.3) is 0 Å². The van der Waals surface area contributed by atoms with Crippen molar-refractivity contribution in [2.45, 2.75) is 12.5 Å². The van der Waals surface area contributed by atoms with Crippen LogP contribution in [0.5, 0.6) is 0 Å². The second-order valence-corrected chi connectivity index (χ2v) is 4.23. The number of rotatable bonds is 4. The third kappa shape index (κ3) is 2.46. The van der Waals surface area contributed by atoms with E-state index in [1.54, 1.807) is 0 Å². The van der Waals surface area contributed by atoms with E-state index >= 15 is 0 Å². The van der Waals surface area contributed by atoms with Crippen LogP contribution in [-0.4, -0.2) is 37.5 Å². The topological polar surface area (TPSA) is 72.3 Å². The Balaban J connectivity index is 2.84. The number of hydrogen-bond acceptors (Lipinski definition) is 3. The normalized spacial score (nSPS) is 29.7. The van der Waals surface area contributed by atoms with Gasteiger partial charge in [0.1, 0.15) is 0 Å². The number of nitrogens with two attached hydrogens (primary N) is 2. The Morgan fingerprint density at radius 2 is 2.13 bits per heavy atom. The minimum absolute atomic E-state index is 0.319. The summed E-state index contributed by atoms with van der Waals surface area (Å²) in [5.41, 5.74) is 10.7. The van der Waals surface area contributed by atoms with Gasteiger partial charge < -0.3 is 16.4 Å². The van der Waals surface area contributed by atoms with Crippen LogP contribution in [0.2, 0.25) is 0 Å². The van der Waals surface area contributed by atoms with E-state index in [-0.39, 0.29) is 11.9 Å². The van der Waals surface area contributed by atoms with Gasteiger partial charge in [0.15, 0.2) is 0 Å². The fourth-order valence-electron chi connectivity index (χ4n) is 1.72. The third-order valence-electron chi connectivity index (χ3n) is 2.85. The molecule has 0 radical (unpaired) electrons. The molecule has 1 amide bonds. The summed E-state index contributed by atoms with van der Waals surface area (Å²) in [6.45, 7) is 0.787. The minimum Gasteiger partial charge on any atom is -0.369 e. The molecule has 4 N–H and O–H groups in total. The second kappa shape index (κ2) is 4.59. The molecular formula is C11H19N3O. The van der Waals surface area contributed by atoms with Gasteiger partial charge in [-0.3, -0.25) is 4.79 Å². The summed E-state index contributed by atoms with van der Waals surface area (Å²) in [4.78, 5) is 13.6. The van der Waals surface area contributed by atoms with Gasteiger partial charge in [-0.25, -0.2) is 0 Å². The molecule has 15 heavy (non-hydrogen) atoms. The predicted octanol–water partition coefficient (Wildman–Crippen LogP) is -0.137. The number of amides is 1. The van der Waals surface area contributed by atoms with Crippen molar-refractivity contribution in [1.82, 2.24) is 4.90 Å². The first-order chi connectivity index (χ1) is 6.99. The molecule has 0 aliphatic heterocycles. The Labute approximate surface area is 90.6 Å². The SMILES string of the molecule is CN(C)CCC1(C(N)=O)C=CC=CC1N. The summed E-state index contributed by atoms with van der Waals surface area (Å²) < 4.78 is 0. The molecule has 1 rings (SSSR count). The Morgan fingerprint density at radius 1 is 1.47 bits per heavy atom. The average Bonchev–Trinajstić information content (AvgIpc) is 2.16. The van der Waals surface area contributed by atoms with Gasteiger partial charge in [0.05, 0.1) is 5.41 Å². The molecule has 84 valence electrons. The standard InChI is InChI=1S/C11H19N3O/c1-14(2)8-7-11(10(13)15)6-4-3-5-9(11)12/h3-6,9H,7-8,12H2,1-2H3,(H2,13,15). The van der Waals surface area contributed by atoms with Crippen molar-refractivity contribution >= 4 is 5.91 Å². The van der Waals surface area contributed by atoms with E-state index < -0.39 is 5.41 Å². The Hall–Kier alpha value is -1.13. The van der Waals surface area contributed by atoms with Crippen LogP contribution in [0.1, 0.15) is 6.42 Å². The smallest absolute Gasteiger partial charge is 0.229 e. The molecule has 0 fully saturated rings. The van der Waals surface area contributed by atoms with Gasteiger partial charge in [-0.2, -0.15) is 0 Å². The number of hydrogen-bond donors (Lipinski definition) is 2. The summed E-state index contributed by atoms with van der Waals surface area (Å²) in [5.74, 6) is -0.350. The number of carbonyl (C=O) groups excluding carboxylic acids is 1. The van der Waals surface area contributed by atoms with Gasteiger partial charge >= 0.3 is 0 Å². The van der Waals surface area contributed by atoms with Crippen molar-refractivity contribution < 1.29 is 4.79 Å². The molecule has 0 saturated heterocycles. The van der Waals surface area contributed by atoms with E-state index in [0.29, 0.717) is 6.42 Å². The molecule has 2 unspecified atom stereocenters. The Morgan fingerprint density at radius 3 is 2.60 bits per heavy atom. The molecule has 0 bridgehead atoms. The highest BCUT2D eigenvalue weighted by Gasteiger charge is 2.39. The van der Waals surface area contributed by atoms with E-state index in [1.807, 2.05) is 43.3 Å². The molecule has 4 nitrogen and oxygen atoms in total. The number of nitrogens with zero attached hydrogens (tertiary/aromatic N) is 1. The largest absolute Gasteiger partial charge is 0.369 e. The van der Waals surface area contributed by atoms with Crippen LogP contribution in [0.4, 0.5) is 0 Å². The maximum atomic E-state index is 11.5. The van der Waals surface area contributed by atoms with Gasteiger partial charge in [-0.05, 0) is 27.1 Å². The van der Waals surface area contributed by atoms with Crippen LogP contribution in [0, 0.1) is 5.41 Å². The lowest BCUT2D eigenvalue weighted by molar-refractivity contribution is -0.126. The number of carbonyl (C=O) groups is 1. The van der Waals surface area contributed by atoms with Crippen molar-refractivity contribution in [3.63, 3.8) is 0 Å². The zero-order chi connectivity index (χ0) is 11.5. The molecule has 1 aliphatic rings. The quantitative estimate of drug-likeness (QED) is 0.677. The van der Waals surface area contributed by atoms with Crippen molar-refractivity contribution in [3.8, 4) is 0 Å². The molecular weight excluding hydrogens is 190 g/mol. The number of primary amides is 1. The summed E-state index contributed by atoms with van der Waals surface area (Å²) in [5, 5.41) is 0. The number of allylic oxidation sites excluding steroid dienone is 2. The van der Waals surface area contributed by atoms with Crippen molar-refractivity contribution in [2.75, 3.05) is 20.6 Å². The maximum absolute atomic E-state index is 11.5. The van der Waals surface area contributed by atoms with E-state index in [2.05, 4.69) is 0 Å². The zero-order valence-corrected chi connectivity index (χ0v) is 9.31. The second-order valence-electron chi connectivity index (χ2n) is 4.23. The highest BCUT2D eigenvalue weighted by atomic mass is 16.1. The highest BCUT2D eigenvalue weighted by molar-refractivity contribution is 5.84. The summed E-state index contributed by atoms with van der Waals surface area (Å²) in [6.07, 6.45) is 7.98. The first-order valence-corrected chi connectivity index (χ1v) is 5.05. The maximum Gasteiger partial charge on any atom is 0.229 e. The first-order valence-electron chi connectivity index (χ1n) is 5.05. The lowest BCUT2D eigenvalue weighted by Gasteiger charge is -2.34. The van der Waals surface area contributed by atoms with Crippen molar-refractivity contribution in [2.24, 2.45) is 16.9 Å². The van der Waals surface area contributed by atoms with Gasteiger partial charge in [0, 0.05) is 6.04 Å². The zero-order valence-electron chi connectivity index (χ0n) is 9.31.